The van der Waals surface area contributed by atoms with Gasteiger partial charge in [-0.1, -0.05) is 24.1 Å². The van der Waals surface area contributed by atoms with Crippen LogP contribution in [-0.4, -0.2) is 21.6 Å². The molecular weight excluding hydrogens is 373 g/mol. The van der Waals surface area contributed by atoms with Crippen LogP contribution in [0, 0.1) is 19.7 Å². The van der Waals surface area contributed by atoms with Gasteiger partial charge >= 0.3 is 6.01 Å². The first-order valence-corrected chi connectivity index (χ1v) is 9.35. The third-order valence-electron chi connectivity index (χ3n) is 4.14. The van der Waals surface area contributed by atoms with E-state index in [2.05, 4.69) is 21.0 Å². The van der Waals surface area contributed by atoms with E-state index in [1.807, 2.05) is 32.9 Å². The molecule has 4 rings (SSSR count). The van der Waals surface area contributed by atoms with Gasteiger partial charge in [-0.3, -0.25) is 0 Å². The molecule has 0 spiro atoms. The summed E-state index contributed by atoms with van der Waals surface area (Å²) in [6.45, 7) is 6.50. The summed E-state index contributed by atoms with van der Waals surface area (Å²) in [5, 5.41) is 0. The molecule has 0 fully saturated rings. The number of benzene rings is 2. The lowest BCUT2D eigenvalue weighted by molar-refractivity contribution is 0.302. The van der Waals surface area contributed by atoms with Crippen LogP contribution in [0.2, 0.25) is 0 Å². The van der Waals surface area contributed by atoms with Gasteiger partial charge in [0.15, 0.2) is 5.52 Å². The van der Waals surface area contributed by atoms with Gasteiger partial charge in [-0.25, -0.2) is 9.37 Å². The second-order valence-corrected chi connectivity index (χ2v) is 6.76. The van der Waals surface area contributed by atoms with Crippen LogP contribution in [0.3, 0.4) is 0 Å². The summed E-state index contributed by atoms with van der Waals surface area (Å²) in [4.78, 5) is 13.2. The maximum atomic E-state index is 13.1. The molecule has 0 radical (unpaired) electrons. The summed E-state index contributed by atoms with van der Waals surface area (Å²) in [6, 6.07) is 11.7. The number of ether oxygens (including phenoxy) is 2. The molecule has 29 heavy (non-hydrogen) atoms. The molecule has 2 aromatic carbocycles. The van der Waals surface area contributed by atoms with Crippen molar-refractivity contribution in [2.45, 2.75) is 27.2 Å². The molecule has 0 aliphatic heterocycles. The summed E-state index contributed by atoms with van der Waals surface area (Å²) in [7, 11) is 0. The Labute approximate surface area is 167 Å². The molecule has 148 valence electrons. The van der Waals surface area contributed by atoms with Crippen LogP contribution in [0.1, 0.15) is 24.5 Å². The average Bonchev–Trinajstić information content (AvgIpc) is 3.11. The van der Waals surface area contributed by atoms with Crippen molar-refractivity contribution in [1.82, 2.24) is 15.0 Å². The quantitative estimate of drug-likeness (QED) is 0.423. The predicted molar refractivity (Wildman–Crippen MR) is 107 cm³/mol. The minimum atomic E-state index is -0.353. The van der Waals surface area contributed by atoms with E-state index in [4.69, 9.17) is 13.9 Å². The highest BCUT2D eigenvalue weighted by molar-refractivity contribution is 5.78. The van der Waals surface area contributed by atoms with Crippen molar-refractivity contribution in [2.75, 3.05) is 6.61 Å². The zero-order valence-corrected chi connectivity index (χ0v) is 16.4. The van der Waals surface area contributed by atoms with Crippen LogP contribution >= 0.6 is 0 Å². The van der Waals surface area contributed by atoms with Gasteiger partial charge in [-0.2, -0.15) is 9.97 Å². The van der Waals surface area contributed by atoms with E-state index >= 15 is 0 Å². The van der Waals surface area contributed by atoms with E-state index in [-0.39, 0.29) is 23.4 Å². The summed E-state index contributed by atoms with van der Waals surface area (Å²) in [6.07, 6.45) is 0.807. The van der Waals surface area contributed by atoms with E-state index in [0.29, 0.717) is 23.8 Å². The van der Waals surface area contributed by atoms with Crippen molar-refractivity contribution in [3.63, 3.8) is 0 Å². The normalized spacial score (nSPS) is 11.0. The number of hydrogen-bond acceptors (Lipinski definition) is 6. The third kappa shape index (κ3) is 4.18. The fourth-order valence-corrected chi connectivity index (χ4v) is 2.95. The molecule has 0 bridgehead atoms. The molecule has 0 saturated heterocycles. The number of halogens is 1. The number of fused-ring (bicyclic) bond motifs is 1. The number of rotatable bonds is 6. The highest BCUT2D eigenvalue weighted by atomic mass is 19.1. The minimum absolute atomic E-state index is 0.0401. The smallest absolute Gasteiger partial charge is 0.328 e. The standard InChI is InChI=1S/C22H20FN3O3/c1-4-9-27-20-18-21(26-22(25-20)28-17-7-5-16(23)6-8-17)29-19(24-18)15-11-13(2)10-14(3)12-15/h5-8,10-12H,4,9H2,1-3H3. The fourth-order valence-electron chi connectivity index (χ4n) is 2.95. The van der Waals surface area contributed by atoms with Crippen LogP contribution in [0.25, 0.3) is 22.7 Å². The van der Waals surface area contributed by atoms with Crippen molar-refractivity contribution < 1.29 is 18.3 Å². The van der Waals surface area contributed by atoms with Crippen LogP contribution in [0.4, 0.5) is 4.39 Å². The van der Waals surface area contributed by atoms with Crippen molar-refractivity contribution in [3.8, 4) is 29.1 Å². The lowest BCUT2D eigenvalue weighted by atomic mass is 10.1. The Morgan fingerprint density at radius 3 is 2.38 bits per heavy atom. The van der Waals surface area contributed by atoms with Crippen molar-refractivity contribution in [1.29, 1.82) is 0 Å². The van der Waals surface area contributed by atoms with Crippen molar-refractivity contribution >= 4 is 11.2 Å². The van der Waals surface area contributed by atoms with Crippen LogP contribution < -0.4 is 9.47 Å². The Morgan fingerprint density at radius 2 is 1.69 bits per heavy atom. The average molecular weight is 393 g/mol. The molecule has 0 aliphatic carbocycles. The molecule has 0 atom stereocenters. The maximum absolute atomic E-state index is 13.1. The third-order valence-corrected chi connectivity index (χ3v) is 4.14. The molecular formula is C22H20FN3O3. The fraction of sp³-hybridized carbons (Fsp3) is 0.227. The summed E-state index contributed by atoms with van der Waals surface area (Å²) < 4.78 is 30.4. The molecule has 2 aromatic heterocycles. The number of hydrogen-bond donors (Lipinski definition) is 0. The first-order chi connectivity index (χ1) is 14.0. The van der Waals surface area contributed by atoms with Gasteiger partial charge in [0.05, 0.1) is 6.61 Å². The second kappa shape index (κ2) is 7.87. The van der Waals surface area contributed by atoms with Crippen molar-refractivity contribution in [3.05, 3.63) is 59.4 Å². The van der Waals surface area contributed by atoms with Gasteiger partial charge in [-0.05, 0) is 56.7 Å². The molecule has 7 heteroatoms. The monoisotopic (exact) mass is 393 g/mol. The lowest BCUT2D eigenvalue weighted by Crippen LogP contribution is -2.01. The first kappa shape index (κ1) is 18.9. The van der Waals surface area contributed by atoms with Gasteiger partial charge in [-0.15, -0.1) is 0 Å². The largest absolute Gasteiger partial charge is 0.476 e. The van der Waals surface area contributed by atoms with Crippen LogP contribution in [-0.2, 0) is 0 Å². The molecule has 2 heterocycles. The molecule has 6 nitrogen and oxygen atoms in total. The van der Waals surface area contributed by atoms with Gasteiger partial charge < -0.3 is 13.9 Å². The van der Waals surface area contributed by atoms with E-state index < -0.39 is 0 Å². The lowest BCUT2D eigenvalue weighted by Gasteiger charge is -2.06. The predicted octanol–water partition coefficient (Wildman–Crippen LogP) is 5.62. The van der Waals surface area contributed by atoms with E-state index in [1.54, 1.807) is 0 Å². The second-order valence-electron chi connectivity index (χ2n) is 6.76. The number of nitrogens with zero attached hydrogens (tertiary/aromatic N) is 3. The van der Waals surface area contributed by atoms with E-state index in [0.717, 1.165) is 23.1 Å². The molecule has 0 aliphatic rings. The first-order valence-electron chi connectivity index (χ1n) is 9.35. The Balaban J connectivity index is 1.77. The Hall–Kier alpha value is -3.48. The van der Waals surface area contributed by atoms with Crippen LogP contribution in [0.15, 0.2) is 46.9 Å². The summed E-state index contributed by atoms with van der Waals surface area (Å²) in [5.74, 6) is 0.768. The number of oxazole rings is 1. The number of aryl methyl sites for hydroxylation is 2. The van der Waals surface area contributed by atoms with Gasteiger partial charge in [0.1, 0.15) is 11.6 Å². The zero-order valence-electron chi connectivity index (χ0n) is 16.4. The zero-order chi connectivity index (χ0) is 20.4. The number of aromatic nitrogens is 3. The highest BCUT2D eigenvalue weighted by Gasteiger charge is 2.19. The van der Waals surface area contributed by atoms with Gasteiger partial charge in [0.2, 0.25) is 5.89 Å². The Morgan fingerprint density at radius 1 is 0.966 bits per heavy atom. The Kier molecular flexibility index (Phi) is 5.12. The summed E-state index contributed by atoms with van der Waals surface area (Å²) in [5.41, 5.74) is 3.76. The van der Waals surface area contributed by atoms with E-state index in [9.17, 15) is 4.39 Å². The molecule has 0 N–H and O–H groups in total. The van der Waals surface area contributed by atoms with Gasteiger partial charge in [0.25, 0.3) is 11.6 Å². The topological polar surface area (TPSA) is 70.3 Å². The molecule has 4 aromatic rings. The van der Waals surface area contributed by atoms with E-state index in [1.165, 1.54) is 24.3 Å². The Bertz CT molecular complexity index is 1140. The minimum Gasteiger partial charge on any atom is -0.476 e. The SMILES string of the molecule is CCCOc1nc(Oc2ccc(F)cc2)nc2oc(-c3cc(C)cc(C)c3)nc12. The van der Waals surface area contributed by atoms with Gasteiger partial charge in [0, 0.05) is 5.56 Å². The van der Waals surface area contributed by atoms with Crippen LogP contribution in [0.5, 0.6) is 17.6 Å². The highest BCUT2D eigenvalue weighted by Crippen LogP contribution is 2.31. The molecule has 0 unspecified atom stereocenters. The maximum Gasteiger partial charge on any atom is 0.328 e. The summed E-state index contributed by atoms with van der Waals surface area (Å²) >= 11 is 0. The molecule has 0 saturated carbocycles. The van der Waals surface area contributed by atoms with Crippen molar-refractivity contribution in [2.24, 2.45) is 0 Å². The molecule has 0 amide bonds.